The molecule has 0 bridgehead atoms. The lowest BCUT2D eigenvalue weighted by Crippen LogP contribution is -2.26. The molecule has 0 saturated heterocycles. The molecule has 0 aliphatic carbocycles. The average molecular weight is 485 g/mol. The number of hydrogen-bond donors (Lipinski definition) is 0. The minimum atomic E-state index is 0.616. The first-order chi connectivity index (χ1) is 18.4. The summed E-state index contributed by atoms with van der Waals surface area (Å²) >= 11 is 0. The molecule has 0 saturated carbocycles. The van der Waals surface area contributed by atoms with E-state index in [-0.39, 0.29) is 0 Å². The molecule has 0 spiro atoms. The monoisotopic (exact) mass is 484 g/mol. The highest BCUT2D eigenvalue weighted by Crippen LogP contribution is 2.44. The molecule has 37 heavy (non-hydrogen) atoms. The molecule has 7 aromatic rings. The molecule has 0 nitrogen and oxygen atoms in total. The van der Waals surface area contributed by atoms with Crippen LogP contribution in [-0.2, 0) is 0 Å². The van der Waals surface area contributed by atoms with Gasteiger partial charge in [0.1, 0.15) is 9.52 Å². The fraction of sp³-hybridized carbons (Fsp3) is 0. The van der Waals surface area contributed by atoms with Crippen LogP contribution in [0.2, 0.25) is 0 Å². The van der Waals surface area contributed by atoms with Gasteiger partial charge in [-0.05, 0) is 54.6 Å². The molecule has 0 unspecified atom stereocenters. The summed E-state index contributed by atoms with van der Waals surface area (Å²) in [5.74, 6) is 0. The second kappa shape index (κ2) is 9.20. The SMILES string of the molecule is c1ccc([Si]c2ccc3c(-c4ccccc4)c4ccccc4c(-c4cccc5ccccc45)c3c2)cc1. The molecular weight excluding hydrogens is 460 g/mol. The summed E-state index contributed by atoms with van der Waals surface area (Å²) in [4.78, 5) is 0. The largest absolute Gasteiger partial charge is 0.121 e. The van der Waals surface area contributed by atoms with E-state index in [1.807, 2.05) is 0 Å². The summed E-state index contributed by atoms with van der Waals surface area (Å²) in [5.41, 5.74) is 5.18. The van der Waals surface area contributed by atoms with Crippen LogP contribution in [-0.4, -0.2) is 9.52 Å². The van der Waals surface area contributed by atoms with Gasteiger partial charge in [0, 0.05) is 0 Å². The van der Waals surface area contributed by atoms with Gasteiger partial charge in [-0.2, -0.15) is 0 Å². The Hall–Kier alpha value is -4.46. The molecule has 0 amide bonds. The first-order valence-corrected chi connectivity index (χ1v) is 13.7. The van der Waals surface area contributed by atoms with Gasteiger partial charge in [-0.15, -0.1) is 0 Å². The third-order valence-electron chi connectivity index (χ3n) is 7.21. The van der Waals surface area contributed by atoms with Crippen molar-refractivity contribution in [2.75, 3.05) is 0 Å². The maximum atomic E-state index is 2.44. The van der Waals surface area contributed by atoms with Crippen LogP contribution in [0.4, 0.5) is 0 Å². The number of hydrogen-bond acceptors (Lipinski definition) is 0. The maximum Gasteiger partial charge on any atom is 0.121 e. The number of fused-ring (bicyclic) bond motifs is 3. The summed E-state index contributed by atoms with van der Waals surface area (Å²) in [6.07, 6.45) is 0. The van der Waals surface area contributed by atoms with Crippen LogP contribution in [0.15, 0.2) is 146 Å². The number of benzene rings is 7. The Morgan fingerprint density at radius 2 is 0.946 bits per heavy atom. The van der Waals surface area contributed by atoms with E-state index >= 15 is 0 Å². The molecule has 7 aromatic carbocycles. The van der Waals surface area contributed by atoms with Crippen LogP contribution in [0.25, 0.3) is 54.6 Å². The number of rotatable bonds is 4. The standard InChI is InChI=1S/C36H24Si/c1-3-13-26(14-4-1)35-31-19-9-10-20-32(31)36(30-21-11-15-25-12-7-8-18-29(25)30)34-24-28(22-23-33(34)35)37-27-16-5-2-6-17-27/h1-24H. The zero-order chi connectivity index (χ0) is 24.6. The van der Waals surface area contributed by atoms with Crippen LogP contribution < -0.4 is 10.4 Å². The maximum absolute atomic E-state index is 2.44. The van der Waals surface area contributed by atoms with Gasteiger partial charge in [0.05, 0.1) is 0 Å². The van der Waals surface area contributed by atoms with Gasteiger partial charge in [-0.25, -0.2) is 0 Å². The third-order valence-corrected chi connectivity index (χ3v) is 8.43. The van der Waals surface area contributed by atoms with E-state index in [1.165, 1.54) is 64.9 Å². The minimum Gasteiger partial charge on any atom is -0.0631 e. The van der Waals surface area contributed by atoms with E-state index in [2.05, 4.69) is 146 Å². The summed E-state index contributed by atoms with van der Waals surface area (Å²) in [6, 6.07) is 53.1. The van der Waals surface area contributed by atoms with Gasteiger partial charge in [-0.1, -0.05) is 156 Å². The van der Waals surface area contributed by atoms with Crippen molar-refractivity contribution in [3.05, 3.63) is 146 Å². The summed E-state index contributed by atoms with van der Waals surface area (Å²) in [5, 5.41) is 10.5. The second-order valence-electron chi connectivity index (χ2n) is 9.44. The average Bonchev–Trinajstić information content (AvgIpc) is 2.97. The Morgan fingerprint density at radius 3 is 1.73 bits per heavy atom. The van der Waals surface area contributed by atoms with Gasteiger partial charge >= 0.3 is 0 Å². The van der Waals surface area contributed by atoms with E-state index in [0.29, 0.717) is 9.52 Å². The van der Waals surface area contributed by atoms with Gasteiger partial charge < -0.3 is 0 Å². The third kappa shape index (κ3) is 3.85. The molecule has 0 heterocycles. The molecule has 1 heteroatoms. The Labute approximate surface area is 219 Å². The van der Waals surface area contributed by atoms with Crippen molar-refractivity contribution in [1.82, 2.24) is 0 Å². The quantitative estimate of drug-likeness (QED) is 0.175. The lowest BCUT2D eigenvalue weighted by atomic mass is 9.85. The van der Waals surface area contributed by atoms with Gasteiger partial charge in [0.15, 0.2) is 0 Å². The van der Waals surface area contributed by atoms with Crippen LogP contribution in [0, 0.1) is 0 Å². The fourth-order valence-corrected chi connectivity index (χ4v) is 6.67. The molecule has 172 valence electrons. The van der Waals surface area contributed by atoms with Crippen molar-refractivity contribution in [1.29, 1.82) is 0 Å². The smallest absolute Gasteiger partial charge is 0.0631 e. The lowest BCUT2D eigenvalue weighted by Gasteiger charge is -2.19. The Balaban J connectivity index is 1.62. The first-order valence-electron chi connectivity index (χ1n) is 12.7. The second-order valence-corrected chi connectivity index (χ2v) is 10.8. The zero-order valence-corrected chi connectivity index (χ0v) is 21.4. The van der Waals surface area contributed by atoms with Crippen molar-refractivity contribution in [2.24, 2.45) is 0 Å². The van der Waals surface area contributed by atoms with E-state index in [9.17, 15) is 0 Å². The summed E-state index contributed by atoms with van der Waals surface area (Å²) in [7, 11) is 0.616. The van der Waals surface area contributed by atoms with Gasteiger partial charge in [0.2, 0.25) is 0 Å². The highest BCUT2D eigenvalue weighted by atomic mass is 28.2. The minimum absolute atomic E-state index is 0.616. The molecule has 0 N–H and O–H groups in total. The normalized spacial score (nSPS) is 11.4. The van der Waals surface area contributed by atoms with E-state index in [4.69, 9.17) is 0 Å². The van der Waals surface area contributed by atoms with Crippen molar-refractivity contribution >= 4 is 52.2 Å². The van der Waals surface area contributed by atoms with Gasteiger partial charge in [-0.3, -0.25) is 0 Å². The molecular formula is C36H24Si. The predicted molar refractivity (Wildman–Crippen MR) is 161 cm³/mol. The van der Waals surface area contributed by atoms with Crippen LogP contribution in [0.1, 0.15) is 0 Å². The van der Waals surface area contributed by atoms with Crippen LogP contribution >= 0.6 is 0 Å². The topological polar surface area (TPSA) is 0 Å². The molecule has 2 radical (unpaired) electrons. The molecule has 0 fully saturated rings. The first kappa shape index (κ1) is 21.8. The highest BCUT2D eigenvalue weighted by Gasteiger charge is 2.18. The highest BCUT2D eigenvalue weighted by molar-refractivity contribution is 6.67. The van der Waals surface area contributed by atoms with Crippen molar-refractivity contribution in [2.45, 2.75) is 0 Å². The van der Waals surface area contributed by atoms with Crippen molar-refractivity contribution in [3.8, 4) is 22.3 Å². The molecule has 0 aromatic heterocycles. The van der Waals surface area contributed by atoms with E-state index in [0.717, 1.165) is 0 Å². The van der Waals surface area contributed by atoms with Crippen molar-refractivity contribution < 1.29 is 0 Å². The van der Waals surface area contributed by atoms with E-state index in [1.54, 1.807) is 0 Å². The Morgan fingerprint density at radius 1 is 0.351 bits per heavy atom. The Kier molecular flexibility index (Phi) is 5.42. The zero-order valence-electron chi connectivity index (χ0n) is 20.4. The summed E-state index contributed by atoms with van der Waals surface area (Å²) < 4.78 is 0. The Bertz CT molecular complexity index is 1880. The van der Waals surface area contributed by atoms with Crippen LogP contribution in [0.5, 0.6) is 0 Å². The molecule has 0 atom stereocenters. The fourth-order valence-electron chi connectivity index (χ4n) is 5.59. The van der Waals surface area contributed by atoms with E-state index < -0.39 is 0 Å². The van der Waals surface area contributed by atoms with Crippen LogP contribution in [0.3, 0.4) is 0 Å². The molecule has 0 aliphatic rings. The molecule has 0 aliphatic heterocycles. The van der Waals surface area contributed by atoms with Crippen molar-refractivity contribution in [3.63, 3.8) is 0 Å². The van der Waals surface area contributed by atoms with Gasteiger partial charge in [0.25, 0.3) is 0 Å². The molecule has 7 rings (SSSR count). The lowest BCUT2D eigenvalue weighted by molar-refractivity contribution is 1.67. The predicted octanol–water partition coefficient (Wildman–Crippen LogP) is 8.14. The summed E-state index contributed by atoms with van der Waals surface area (Å²) in [6.45, 7) is 0.